The lowest BCUT2D eigenvalue weighted by Gasteiger charge is -2.34. The third-order valence-electron chi connectivity index (χ3n) is 2.39. The van der Waals surface area contributed by atoms with E-state index in [1.165, 1.54) is 6.42 Å². The molecular weight excluding hydrogens is 154 g/mol. The van der Waals surface area contributed by atoms with Crippen LogP contribution < -0.4 is 11.5 Å². The van der Waals surface area contributed by atoms with Crippen LogP contribution in [0, 0.1) is 0 Å². The highest BCUT2D eigenvalue weighted by Crippen LogP contribution is 2.15. The molecule has 1 heterocycles. The number of piperidine rings is 1. The zero-order valence-electron chi connectivity index (χ0n) is 7.33. The third-order valence-corrected chi connectivity index (χ3v) is 2.39. The molecule has 4 heteroatoms. The average Bonchev–Trinajstić information content (AvgIpc) is 2.16. The van der Waals surface area contributed by atoms with Gasteiger partial charge >= 0.3 is 0 Å². The lowest BCUT2D eigenvalue weighted by Crippen LogP contribution is -2.49. The molecule has 4 nitrogen and oxygen atoms in total. The Morgan fingerprint density at radius 3 is 2.75 bits per heavy atom. The van der Waals surface area contributed by atoms with E-state index in [1.54, 1.807) is 0 Å². The standard InChI is InChI=1S/C8H17N3O/c9-5-7-3-1-2-4-11(7)8(12)6-10/h7H,1-6,9-10H2. The fourth-order valence-electron chi connectivity index (χ4n) is 1.69. The summed E-state index contributed by atoms with van der Waals surface area (Å²) in [7, 11) is 0. The van der Waals surface area contributed by atoms with Gasteiger partial charge in [-0.2, -0.15) is 0 Å². The van der Waals surface area contributed by atoms with Crippen molar-refractivity contribution in [3.8, 4) is 0 Å². The SMILES string of the molecule is NCC(=O)N1CCCCC1CN. The zero-order chi connectivity index (χ0) is 8.97. The molecule has 0 aromatic carbocycles. The van der Waals surface area contributed by atoms with Crippen LogP contribution in [0.1, 0.15) is 19.3 Å². The van der Waals surface area contributed by atoms with E-state index in [4.69, 9.17) is 11.5 Å². The molecule has 1 fully saturated rings. The molecule has 12 heavy (non-hydrogen) atoms. The largest absolute Gasteiger partial charge is 0.337 e. The van der Waals surface area contributed by atoms with E-state index in [9.17, 15) is 4.79 Å². The monoisotopic (exact) mass is 171 g/mol. The van der Waals surface area contributed by atoms with Crippen LogP contribution in [0.3, 0.4) is 0 Å². The van der Waals surface area contributed by atoms with E-state index in [0.717, 1.165) is 19.4 Å². The Morgan fingerprint density at radius 1 is 1.42 bits per heavy atom. The molecule has 1 aliphatic rings. The number of carbonyl (C=O) groups excluding carboxylic acids is 1. The molecule has 4 N–H and O–H groups in total. The number of hydrogen-bond acceptors (Lipinski definition) is 3. The topological polar surface area (TPSA) is 72.4 Å². The predicted molar refractivity (Wildman–Crippen MR) is 47.5 cm³/mol. The van der Waals surface area contributed by atoms with Crippen molar-refractivity contribution in [1.29, 1.82) is 0 Å². The number of rotatable bonds is 2. The minimum Gasteiger partial charge on any atom is -0.337 e. The zero-order valence-corrected chi connectivity index (χ0v) is 7.33. The number of nitrogens with zero attached hydrogens (tertiary/aromatic N) is 1. The Morgan fingerprint density at radius 2 is 2.17 bits per heavy atom. The van der Waals surface area contributed by atoms with Crippen molar-refractivity contribution in [2.45, 2.75) is 25.3 Å². The van der Waals surface area contributed by atoms with Crippen LogP contribution in [-0.2, 0) is 4.79 Å². The van der Waals surface area contributed by atoms with Crippen LogP contribution in [0.4, 0.5) is 0 Å². The van der Waals surface area contributed by atoms with Crippen LogP contribution >= 0.6 is 0 Å². The van der Waals surface area contributed by atoms with Crippen molar-refractivity contribution >= 4 is 5.91 Å². The first kappa shape index (κ1) is 9.48. The van der Waals surface area contributed by atoms with Gasteiger partial charge in [-0.15, -0.1) is 0 Å². The molecule has 1 aliphatic heterocycles. The van der Waals surface area contributed by atoms with E-state index in [1.807, 2.05) is 4.90 Å². The second-order valence-electron chi connectivity index (χ2n) is 3.18. The summed E-state index contributed by atoms with van der Waals surface area (Å²) in [5, 5.41) is 0. The molecule has 1 rings (SSSR count). The Balaban J connectivity index is 2.52. The molecule has 0 bridgehead atoms. The van der Waals surface area contributed by atoms with Crippen LogP contribution in [-0.4, -0.2) is 36.5 Å². The first-order valence-electron chi connectivity index (χ1n) is 4.49. The fourth-order valence-corrected chi connectivity index (χ4v) is 1.69. The van der Waals surface area contributed by atoms with Crippen molar-refractivity contribution in [3.63, 3.8) is 0 Å². The van der Waals surface area contributed by atoms with Crippen LogP contribution in [0.5, 0.6) is 0 Å². The summed E-state index contributed by atoms with van der Waals surface area (Å²) in [5.74, 6) is 0.0325. The molecule has 0 aromatic rings. The highest BCUT2D eigenvalue weighted by Gasteiger charge is 2.23. The summed E-state index contributed by atoms with van der Waals surface area (Å²) in [5.41, 5.74) is 10.8. The van der Waals surface area contributed by atoms with Gasteiger partial charge in [0.05, 0.1) is 6.54 Å². The van der Waals surface area contributed by atoms with Gasteiger partial charge in [-0.1, -0.05) is 0 Å². The van der Waals surface area contributed by atoms with E-state index < -0.39 is 0 Å². The maximum Gasteiger partial charge on any atom is 0.236 e. The van der Waals surface area contributed by atoms with Crippen molar-refractivity contribution in [2.24, 2.45) is 11.5 Å². The van der Waals surface area contributed by atoms with Crippen molar-refractivity contribution in [1.82, 2.24) is 4.90 Å². The number of amides is 1. The Hall–Kier alpha value is -0.610. The van der Waals surface area contributed by atoms with E-state index in [2.05, 4.69) is 0 Å². The van der Waals surface area contributed by atoms with Crippen LogP contribution in [0.15, 0.2) is 0 Å². The maximum atomic E-state index is 11.3. The Labute approximate surface area is 72.9 Å². The fraction of sp³-hybridized carbons (Fsp3) is 0.875. The van der Waals surface area contributed by atoms with Crippen molar-refractivity contribution in [2.75, 3.05) is 19.6 Å². The van der Waals surface area contributed by atoms with Crippen LogP contribution in [0.2, 0.25) is 0 Å². The molecular formula is C8H17N3O. The van der Waals surface area contributed by atoms with Crippen LogP contribution in [0.25, 0.3) is 0 Å². The average molecular weight is 171 g/mol. The van der Waals surface area contributed by atoms with Gasteiger partial charge in [-0.3, -0.25) is 4.79 Å². The van der Waals surface area contributed by atoms with Gasteiger partial charge in [0, 0.05) is 19.1 Å². The summed E-state index contributed by atoms with van der Waals surface area (Å²) in [6.45, 7) is 1.50. The summed E-state index contributed by atoms with van der Waals surface area (Å²) < 4.78 is 0. The molecule has 70 valence electrons. The maximum absolute atomic E-state index is 11.3. The summed E-state index contributed by atoms with van der Waals surface area (Å²) in [4.78, 5) is 13.1. The molecule has 0 radical (unpaired) electrons. The smallest absolute Gasteiger partial charge is 0.236 e. The summed E-state index contributed by atoms with van der Waals surface area (Å²) in [6.07, 6.45) is 3.29. The first-order chi connectivity index (χ1) is 5.79. The minimum absolute atomic E-state index is 0.0325. The third kappa shape index (κ3) is 1.95. The van der Waals surface area contributed by atoms with Gasteiger partial charge in [0.25, 0.3) is 0 Å². The van der Waals surface area contributed by atoms with Crippen molar-refractivity contribution in [3.05, 3.63) is 0 Å². The molecule has 1 amide bonds. The number of likely N-dealkylation sites (tertiary alicyclic amines) is 1. The molecule has 0 aliphatic carbocycles. The highest BCUT2D eigenvalue weighted by molar-refractivity contribution is 5.78. The molecule has 1 saturated heterocycles. The van der Waals surface area contributed by atoms with Gasteiger partial charge in [0.1, 0.15) is 0 Å². The summed E-state index contributed by atoms with van der Waals surface area (Å²) >= 11 is 0. The summed E-state index contributed by atoms with van der Waals surface area (Å²) in [6, 6.07) is 0.231. The number of carbonyl (C=O) groups is 1. The number of hydrogen-bond donors (Lipinski definition) is 2. The van der Waals surface area contributed by atoms with E-state index in [-0.39, 0.29) is 18.5 Å². The predicted octanol–water partition coefficient (Wildman–Crippen LogP) is -0.715. The number of nitrogens with two attached hydrogens (primary N) is 2. The van der Waals surface area contributed by atoms with Gasteiger partial charge in [-0.05, 0) is 19.3 Å². The Bertz CT molecular complexity index is 160. The minimum atomic E-state index is 0.0325. The second kappa shape index (κ2) is 4.42. The van der Waals surface area contributed by atoms with Gasteiger partial charge in [0.15, 0.2) is 0 Å². The molecule has 1 unspecified atom stereocenters. The molecule has 1 atom stereocenters. The molecule has 0 saturated carbocycles. The Kier molecular flexibility index (Phi) is 3.49. The first-order valence-corrected chi connectivity index (χ1v) is 4.49. The molecule has 0 aromatic heterocycles. The lowest BCUT2D eigenvalue weighted by atomic mass is 10.0. The van der Waals surface area contributed by atoms with E-state index in [0.29, 0.717) is 6.54 Å². The van der Waals surface area contributed by atoms with Gasteiger partial charge in [0.2, 0.25) is 5.91 Å². The second-order valence-corrected chi connectivity index (χ2v) is 3.18. The quantitative estimate of drug-likeness (QED) is 0.576. The highest BCUT2D eigenvalue weighted by atomic mass is 16.2. The van der Waals surface area contributed by atoms with Gasteiger partial charge in [-0.25, -0.2) is 0 Å². The van der Waals surface area contributed by atoms with Crippen molar-refractivity contribution < 1.29 is 4.79 Å². The van der Waals surface area contributed by atoms with E-state index >= 15 is 0 Å². The van der Waals surface area contributed by atoms with Gasteiger partial charge < -0.3 is 16.4 Å². The normalized spacial score (nSPS) is 24.2. The molecule has 0 spiro atoms. The lowest BCUT2D eigenvalue weighted by molar-refractivity contribution is -0.133.